The number of benzene rings is 2. The van der Waals surface area contributed by atoms with Crippen molar-refractivity contribution in [1.29, 1.82) is 0 Å². The summed E-state index contributed by atoms with van der Waals surface area (Å²) in [5, 5.41) is 2.56. The maximum atomic E-state index is 12.9. The lowest BCUT2D eigenvalue weighted by molar-refractivity contribution is -0.153. The van der Waals surface area contributed by atoms with Gasteiger partial charge >= 0.3 is 11.7 Å². The van der Waals surface area contributed by atoms with E-state index in [-0.39, 0.29) is 18.7 Å². The highest BCUT2D eigenvalue weighted by molar-refractivity contribution is 5.95. The van der Waals surface area contributed by atoms with Crippen molar-refractivity contribution in [3.63, 3.8) is 0 Å². The van der Waals surface area contributed by atoms with Gasteiger partial charge in [-0.3, -0.25) is 18.7 Å². The van der Waals surface area contributed by atoms with Gasteiger partial charge in [0.15, 0.2) is 6.10 Å². The van der Waals surface area contributed by atoms with Crippen LogP contribution in [0, 0.1) is 5.82 Å². The van der Waals surface area contributed by atoms with Crippen molar-refractivity contribution in [1.82, 2.24) is 9.13 Å². The molecule has 0 unspecified atom stereocenters. The number of amides is 1. The monoisotopic (exact) mass is 413 g/mol. The van der Waals surface area contributed by atoms with E-state index in [1.54, 1.807) is 9.13 Å². The maximum absolute atomic E-state index is 12.9. The molecule has 1 heterocycles. The Morgan fingerprint density at radius 1 is 1.03 bits per heavy atom. The van der Waals surface area contributed by atoms with E-state index in [1.165, 1.54) is 31.2 Å². The number of hydrogen-bond acceptors (Lipinski definition) is 4. The van der Waals surface area contributed by atoms with Gasteiger partial charge in [0.2, 0.25) is 0 Å². The molecule has 0 radical (unpaired) electrons. The number of esters is 1. The Morgan fingerprint density at radius 3 is 2.23 bits per heavy atom. The highest BCUT2D eigenvalue weighted by Crippen LogP contribution is 2.14. The summed E-state index contributed by atoms with van der Waals surface area (Å²) in [6, 6.07) is 12.7. The van der Waals surface area contributed by atoms with Crippen LogP contribution in [-0.2, 0) is 27.4 Å². The number of carbonyl (C=O) groups excluding carboxylic acids is 2. The van der Waals surface area contributed by atoms with E-state index in [9.17, 15) is 18.8 Å². The van der Waals surface area contributed by atoms with Gasteiger partial charge in [-0.2, -0.15) is 0 Å². The van der Waals surface area contributed by atoms with Crippen LogP contribution >= 0.6 is 0 Å². The number of aromatic nitrogens is 2. The van der Waals surface area contributed by atoms with Gasteiger partial charge in [0.1, 0.15) is 5.82 Å². The second-order valence-corrected chi connectivity index (χ2v) is 6.95. The molecule has 2 aromatic carbocycles. The molecule has 30 heavy (non-hydrogen) atoms. The number of nitrogens with one attached hydrogen (secondary N) is 1. The molecule has 0 spiro atoms. The Balaban J connectivity index is 1.62. The number of rotatable bonds is 8. The smallest absolute Gasteiger partial charge is 0.329 e. The Morgan fingerprint density at radius 2 is 1.63 bits per heavy atom. The lowest BCUT2D eigenvalue weighted by atomic mass is 10.3. The van der Waals surface area contributed by atoms with Gasteiger partial charge in [-0.25, -0.2) is 9.18 Å². The molecule has 0 aliphatic carbocycles. The minimum atomic E-state index is -1.03. The third-order valence-corrected chi connectivity index (χ3v) is 4.70. The summed E-state index contributed by atoms with van der Waals surface area (Å²) < 4.78 is 21.4. The van der Waals surface area contributed by atoms with Crippen LogP contribution in [0.3, 0.4) is 0 Å². The van der Waals surface area contributed by atoms with Crippen molar-refractivity contribution in [3.8, 4) is 0 Å². The minimum absolute atomic E-state index is 0.0474. The second kappa shape index (κ2) is 9.39. The second-order valence-electron chi connectivity index (χ2n) is 6.95. The van der Waals surface area contributed by atoms with Gasteiger partial charge in [0.05, 0.1) is 17.5 Å². The molecule has 7 nitrogen and oxygen atoms in total. The van der Waals surface area contributed by atoms with Gasteiger partial charge in [-0.1, -0.05) is 19.1 Å². The summed E-state index contributed by atoms with van der Waals surface area (Å²) in [4.78, 5) is 37.1. The highest BCUT2D eigenvalue weighted by Gasteiger charge is 2.19. The fraction of sp³-hybridized carbons (Fsp3) is 0.318. The van der Waals surface area contributed by atoms with Gasteiger partial charge in [-0.05, 0) is 49.7 Å². The predicted molar refractivity (Wildman–Crippen MR) is 112 cm³/mol. The Hall–Kier alpha value is -3.42. The molecule has 0 aliphatic heterocycles. The zero-order valence-electron chi connectivity index (χ0n) is 16.9. The first-order valence-electron chi connectivity index (χ1n) is 9.84. The first-order valence-corrected chi connectivity index (χ1v) is 9.84. The van der Waals surface area contributed by atoms with Crippen LogP contribution < -0.4 is 11.0 Å². The van der Waals surface area contributed by atoms with E-state index in [0.29, 0.717) is 12.2 Å². The van der Waals surface area contributed by atoms with Crippen molar-refractivity contribution in [2.45, 2.75) is 45.9 Å². The Labute approximate surface area is 173 Å². The molecule has 3 rings (SSSR count). The largest absolute Gasteiger partial charge is 0.452 e. The van der Waals surface area contributed by atoms with Crippen LogP contribution in [-0.4, -0.2) is 27.1 Å². The highest BCUT2D eigenvalue weighted by atomic mass is 19.1. The molecule has 0 saturated carbocycles. The van der Waals surface area contributed by atoms with Crippen LogP contribution in [0.2, 0.25) is 0 Å². The fourth-order valence-electron chi connectivity index (χ4n) is 3.22. The van der Waals surface area contributed by atoms with E-state index in [0.717, 1.165) is 17.5 Å². The van der Waals surface area contributed by atoms with Crippen molar-refractivity contribution >= 4 is 28.6 Å². The van der Waals surface area contributed by atoms with E-state index < -0.39 is 23.8 Å². The van der Waals surface area contributed by atoms with Crippen LogP contribution in [0.5, 0.6) is 0 Å². The molecule has 8 heteroatoms. The van der Waals surface area contributed by atoms with Crippen molar-refractivity contribution in [2.24, 2.45) is 0 Å². The number of ether oxygens (including phenoxy) is 1. The molecule has 0 aliphatic rings. The molecule has 0 fully saturated rings. The molecule has 1 atom stereocenters. The van der Waals surface area contributed by atoms with Gasteiger partial charge in [-0.15, -0.1) is 0 Å². The van der Waals surface area contributed by atoms with Crippen molar-refractivity contribution in [3.05, 3.63) is 64.8 Å². The third kappa shape index (κ3) is 4.76. The van der Waals surface area contributed by atoms with Gasteiger partial charge in [0, 0.05) is 18.8 Å². The Bertz CT molecular complexity index is 1100. The summed E-state index contributed by atoms with van der Waals surface area (Å²) in [5.74, 6) is -1.52. The minimum Gasteiger partial charge on any atom is -0.452 e. The summed E-state index contributed by atoms with van der Waals surface area (Å²) in [6.45, 7) is 4.20. The van der Waals surface area contributed by atoms with E-state index in [2.05, 4.69) is 5.32 Å². The standard InChI is InChI=1S/C22H24FN3O4/c1-3-13-25-18-6-4-5-7-19(18)26(22(25)29)14-12-20(27)30-15(2)21(28)24-17-10-8-16(23)9-11-17/h4-11,15H,3,12-14H2,1-2H3,(H,24,28)/t15-/m1/s1. The average Bonchev–Trinajstić information content (AvgIpc) is 2.99. The Kier molecular flexibility index (Phi) is 6.66. The summed E-state index contributed by atoms with van der Waals surface area (Å²) in [6.07, 6.45) is -0.258. The normalized spacial score (nSPS) is 12.0. The van der Waals surface area contributed by atoms with Crippen LogP contribution in [0.1, 0.15) is 26.7 Å². The summed E-state index contributed by atoms with van der Waals surface area (Å²) >= 11 is 0. The fourth-order valence-corrected chi connectivity index (χ4v) is 3.22. The van der Waals surface area contributed by atoms with Crippen LogP contribution in [0.4, 0.5) is 10.1 Å². The molecule has 1 N–H and O–H groups in total. The molecule has 3 aromatic rings. The molecular formula is C22H24FN3O4. The number of para-hydroxylation sites is 2. The topological polar surface area (TPSA) is 82.3 Å². The average molecular weight is 413 g/mol. The molecular weight excluding hydrogens is 389 g/mol. The zero-order chi connectivity index (χ0) is 21.7. The number of hydrogen-bond donors (Lipinski definition) is 1. The number of carbonyl (C=O) groups is 2. The zero-order valence-corrected chi connectivity index (χ0v) is 16.9. The first kappa shape index (κ1) is 21.3. The first-order chi connectivity index (χ1) is 14.4. The molecule has 1 aromatic heterocycles. The number of imidazole rings is 1. The number of halogens is 1. The molecule has 1 amide bonds. The van der Waals surface area contributed by atoms with Crippen molar-refractivity contribution in [2.75, 3.05) is 5.32 Å². The third-order valence-electron chi connectivity index (χ3n) is 4.70. The van der Waals surface area contributed by atoms with Crippen LogP contribution in [0.15, 0.2) is 53.3 Å². The summed E-state index contributed by atoms with van der Waals surface area (Å²) in [5.41, 5.74) is 1.81. The van der Waals surface area contributed by atoms with Crippen LogP contribution in [0.25, 0.3) is 11.0 Å². The van der Waals surface area contributed by atoms with E-state index >= 15 is 0 Å². The lowest BCUT2D eigenvalue weighted by Gasteiger charge is -2.13. The number of nitrogens with zero attached hydrogens (tertiary/aromatic N) is 2. The number of anilines is 1. The number of fused-ring (bicyclic) bond motifs is 1. The SMILES string of the molecule is CCCn1c(=O)n(CCC(=O)O[C@H](C)C(=O)Nc2ccc(F)cc2)c2ccccc21. The summed E-state index contributed by atoms with van der Waals surface area (Å²) in [7, 11) is 0. The van der Waals surface area contributed by atoms with Gasteiger partial charge < -0.3 is 10.1 Å². The lowest BCUT2D eigenvalue weighted by Crippen LogP contribution is -2.31. The van der Waals surface area contributed by atoms with E-state index in [1.807, 2.05) is 31.2 Å². The quantitative estimate of drug-likeness (QED) is 0.575. The van der Waals surface area contributed by atoms with E-state index in [4.69, 9.17) is 4.74 Å². The van der Waals surface area contributed by atoms with Crippen molar-refractivity contribution < 1.29 is 18.7 Å². The molecule has 0 saturated heterocycles. The maximum Gasteiger partial charge on any atom is 0.329 e. The number of aryl methyl sites for hydroxylation is 2. The predicted octanol–water partition coefficient (Wildman–Crippen LogP) is 3.31. The molecule has 0 bridgehead atoms. The molecule has 158 valence electrons. The van der Waals surface area contributed by atoms with Gasteiger partial charge in [0.25, 0.3) is 5.91 Å².